The van der Waals surface area contributed by atoms with Crippen LogP contribution in [0.15, 0.2) is 73.3 Å². The van der Waals surface area contributed by atoms with Crippen LogP contribution in [0.25, 0.3) is 0 Å². The molecule has 6 heteroatoms. The number of aromatic nitrogens is 2. The summed E-state index contributed by atoms with van der Waals surface area (Å²) in [5, 5.41) is 16.2. The lowest BCUT2D eigenvalue weighted by atomic mass is 9.82. The van der Waals surface area contributed by atoms with E-state index in [2.05, 4.69) is 27.8 Å². The lowest BCUT2D eigenvalue weighted by Crippen LogP contribution is -2.47. The number of aryl methyl sites for hydroxylation is 1. The highest BCUT2D eigenvalue weighted by Gasteiger charge is 2.38. The van der Waals surface area contributed by atoms with Gasteiger partial charge in [0.2, 0.25) is 0 Å². The summed E-state index contributed by atoms with van der Waals surface area (Å²) in [5.74, 6) is 0. The van der Waals surface area contributed by atoms with Crippen molar-refractivity contribution < 1.29 is 9.90 Å². The molecule has 3 aromatic rings. The highest BCUT2D eigenvalue weighted by Crippen LogP contribution is 2.38. The topological polar surface area (TPSA) is 79.2 Å². The van der Waals surface area contributed by atoms with Crippen LogP contribution in [0.4, 0.5) is 4.79 Å². The number of aliphatic hydroxyl groups is 1. The van der Waals surface area contributed by atoms with Crippen molar-refractivity contribution in [3.8, 4) is 0 Å². The van der Waals surface area contributed by atoms with E-state index in [9.17, 15) is 9.90 Å². The number of amides is 2. The first kappa shape index (κ1) is 19.2. The van der Waals surface area contributed by atoms with E-state index in [0.29, 0.717) is 13.1 Å². The fourth-order valence-electron chi connectivity index (χ4n) is 4.15. The molecule has 150 valence electrons. The third kappa shape index (κ3) is 4.17. The Bertz CT molecular complexity index is 943. The van der Waals surface area contributed by atoms with Gasteiger partial charge in [-0.2, -0.15) is 0 Å². The van der Waals surface area contributed by atoms with Gasteiger partial charge >= 0.3 is 6.03 Å². The quantitative estimate of drug-likeness (QED) is 0.580. The third-order valence-electron chi connectivity index (χ3n) is 5.81. The van der Waals surface area contributed by atoms with Gasteiger partial charge < -0.3 is 20.3 Å². The van der Waals surface area contributed by atoms with Crippen molar-refractivity contribution in [1.82, 2.24) is 20.2 Å². The highest BCUT2D eigenvalue weighted by atomic mass is 16.3. The lowest BCUT2D eigenvalue weighted by Gasteiger charge is -2.29. The molecule has 0 radical (unpaired) electrons. The van der Waals surface area contributed by atoms with Crippen LogP contribution in [0.2, 0.25) is 0 Å². The summed E-state index contributed by atoms with van der Waals surface area (Å²) < 4.78 is 1.94. The molecule has 2 aromatic carbocycles. The Balaban J connectivity index is 1.44. The van der Waals surface area contributed by atoms with Gasteiger partial charge in [-0.3, -0.25) is 0 Å². The maximum Gasteiger partial charge on any atom is 0.315 e. The number of nitrogens with one attached hydrogen (secondary N) is 2. The van der Waals surface area contributed by atoms with E-state index >= 15 is 0 Å². The van der Waals surface area contributed by atoms with E-state index in [0.717, 1.165) is 24.0 Å². The molecule has 1 aliphatic rings. The van der Waals surface area contributed by atoms with Crippen LogP contribution in [0, 0.1) is 0 Å². The maximum absolute atomic E-state index is 12.8. The Morgan fingerprint density at radius 3 is 2.72 bits per heavy atom. The molecule has 4 rings (SSSR count). The molecule has 1 aromatic heterocycles. The number of rotatable bonds is 7. The number of carbonyl (C=O) groups excluding carboxylic acids is 1. The zero-order chi connectivity index (χ0) is 20.1. The summed E-state index contributed by atoms with van der Waals surface area (Å²) in [6.07, 6.45) is 7.11. The van der Waals surface area contributed by atoms with E-state index in [1.807, 2.05) is 53.2 Å². The Hall–Kier alpha value is -3.12. The molecule has 0 saturated carbocycles. The van der Waals surface area contributed by atoms with Gasteiger partial charge in [0.05, 0.1) is 19.0 Å². The summed E-state index contributed by atoms with van der Waals surface area (Å²) in [6, 6.07) is 17.6. The first-order chi connectivity index (χ1) is 14.2. The van der Waals surface area contributed by atoms with Gasteiger partial charge in [0.1, 0.15) is 0 Å². The molecule has 0 aliphatic heterocycles. The van der Waals surface area contributed by atoms with Crippen LogP contribution < -0.4 is 10.6 Å². The monoisotopic (exact) mass is 390 g/mol. The number of hydrogen-bond donors (Lipinski definition) is 3. The fraction of sp³-hybridized carbons (Fsp3) is 0.304. The zero-order valence-corrected chi connectivity index (χ0v) is 16.3. The molecule has 2 unspecified atom stereocenters. The summed E-state index contributed by atoms with van der Waals surface area (Å²) in [6.45, 7) is 1.01. The molecule has 0 spiro atoms. The number of hydrogen-bond acceptors (Lipinski definition) is 3. The number of nitrogens with zero attached hydrogens (tertiary/aromatic N) is 2. The SMILES string of the molecule is O=C(NCC1(CO)CCc2ccccc21)NC(Cn1ccnc1)c1ccccc1. The summed E-state index contributed by atoms with van der Waals surface area (Å²) in [7, 11) is 0. The Morgan fingerprint density at radius 1 is 1.17 bits per heavy atom. The molecule has 0 saturated heterocycles. The van der Waals surface area contributed by atoms with Gasteiger partial charge in [-0.15, -0.1) is 0 Å². The maximum atomic E-state index is 12.8. The Morgan fingerprint density at radius 2 is 1.97 bits per heavy atom. The van der Waals surface area contributed by atoms with E-state index in [-0.39, 0.29) is 18.7 Å². The van der Waals surface area contributed by atoms with Crippen LogP contribution in [0.5, 0.6) is 0 Å². The number of fused-ring (bicyclic) bond motifs is 1. The molecular weight excluding hydrogens is 364 g/mol. The summed E-state index contributed by atoms with van der Waals surface area (Å²) >= 11 is 0. The van der Waals surface area contributed by atoms with E-state index in [1.54, 1.807) is 12.5 Å². The average Bonchev–Trinajstić information content (AvgIpc) is 3.41. The number of benzene rings is 2. The van der Waals surface area contributed by atoms with Gasteiger partial charge in [0, 0.05) is 30.9 Å². The minimum absolute atomic E-state index is 0.0153. The molecule has 1 aliphatic carbocycles. The molecule has 6 nitrogen and oxygen atoms in total. The fourth-order valence-corrected chi connectivity index (χ4v) is 4.15. The molecular formula is C23H26N4O2. The molecule has 2 atom stereocenters. The van der Waals surface area contributed by atoms with Crippen molar-refractivity contribution >= 4 is 6.03 Å². The summed E-state index contributed by atoms with van der Waals surface area (Å²) in [4.78, 5) is 16.8. The summed E-state index contributed by atoms with van der Waals surface area (Å²) in [5.41, 5.74) is 3.01. The second-order valence-electron chi connectivity index (χ2n) is 7.65. The van der Waals surface area contributed by atoms with E-state index < -0.39 is 5.41 Å². The van der Waals surface area contributed by atoms with Gasteiger partial charge in [-0.25, -0.2) is 9.78 Å². The van der Waals surface area contributed by atoms with Crippen molar-refractivity contribution in [2.24, 2.45) is 0 Å². The average molecular weight is 390 g/mol. The van der Waals surface area contributed by atoms with Crippen molar-refractivity contribution in [2.75, 3.05) is 13.2 Å². The highest BCUT2D eigenvalue weighted by molar-refractivity contribution is 5.74. The number of carbonyl (C=O) groups is 1. The van der Waals surface area contributed by atoms with Gasteiger partial charge in [0.25, 0.3) is 0 Å². The second kappa shape index (κ2) is 8.49. The minimum atomic E-state index is -0.416. The second-order valence-corrected chi connectivity index (χ2v) is 7.65. The van der Waals surface area contributed by atoms with Crippen LogP contribution in [-0.2, 0) is 18.4 Å². The number of imidazole rings is 1. The largest absolute Gasteiger partial charge is 0.395 e. The molecule has 2 amide bonds. The van der Waals surface area contributed by atoms with Crippen LogP contribution in [0.1, 0.15) is 29.2 Å². The minimum Gasteiger partial charge on any atom is -0.395 e. The predicted octanol–water partition coefficient (Wildman–Crippen LogP) is 2.80. The lowest BCUT2D eigenvalue weighted by molar-refractivity contribution is 0.185. The first-order valence-electron chi connectivity index (χ1n) is 9.94. The van der Waals surface area contributed by atoms with Crippen molar-refractivity contribution in [2.45, 2.75) is 30.8 Å². The van der Waals surface area contributed by atoms with Gasteiger partial charge in [-0.1, -0.05) is 54.6 Å². The van der Waals surface area contributed by atoms with Crippen LogP contribution in [0.3, 0.4) is 0 Å². The van der Waals surface area contributed by atoms with Crippen LogP contribution >= 0.6 is 0 Å². The third-order valence-corrected chi connectivity index (χ3v) is 5.81. The van der Waals surface area contributed by atoms with Crippen LogP contribution in [-0.4, -0.2) is 33.8 Å². The van der Waals surface area contributed by atoms with Crippen molar-refractivity contribution in [3.05, 3.63) is 90.0 Å². The number of aliphatic hydroxyl groups excluding tert-OH is 1. The van der Waals surface area contributed by atoms with Gasteiger partial charge in [-0.05, 0) is 29.5 Å². The van der Waals surface area contributed by atoms with E-state index in [1.165, 1.54) is 5.56 Å². The molecule has 0 fully saturated rings. The standard InChI is InChI=1S/C23H26N4O2/c28-16-23(11-10-18-6-4-5-9-20(18)23)15-25-22(29)26-21(14-27-13-12-24-17-27)19-7-2-1-3-8-19/h1-9,12-13,17,21,28H,10-11,14-16H2,(H2,25,26,29). The molecule has 1 heterocycles. The zero-order valence-electron chi connectivity index (χ0n) is 16.3. The Kier molecular flexibility index (Phi) is 5.62. The normalized spacial score (nSPS) is 18.8. The number of urea groups is 1. The van der Waals surface area contributed by atoms with Gasteiger partial charge in [0.15, 0.2) is 0 Å². The Labute approximate surface area is 170 Å². The molecule has 29 heavy (non-hydrogen) atoms. The smallest absolute Gasteiger partial charge is 0.315 e. The van der Waals surface area contributed by atoms with Crippen molar-refractivity contribution in [1.29, 1.82) is 0 Å². The van der Waals surface area contributed by atoms with Crippen molar-refractivity contribution in [3.63, 3.8) is 0 Å². The predicted molar refractivity (Wildman–Crippen MR) is 111 cm³/mol. The van der Waals surface area contributed by atoms with E-state index in [4.69, 9.17) is 0 Å². The first-order valence-corrected chi connectivity index (χ1v) is 9.94. The molecule has 3 N–H and O–H groups in total. The molecule has 0 bridgehead atoms.